The summed E-state index contributed by atoms with van der Waals surface area (Å²) in [6.07, 6.45) is 6.64. The van der Waals surface area contributed by atoms with E-state index in [-0.39, 0.29) is 12.2 Å². The molecule has 7 rings (SSSR count). The minimum atomic E-state index is 0.0256. The van der Waals surface area contributed by atoms with Crippen LogP contribution in [0.5, 0.6) is 0 Å². The standard InChI is InChI=1S/C32H32N8O/c1-4-25-32-23(8-6-10-26(32)40(36-25)19-24-9-5-7-21(2)35-24)15-29(41)28-18-33-30-16-22(11-12-38(28)30)27-17-34-31-20-37(3)13-14-39(27)31/h5-12,16-18H,4,13-15,19-20H2,1-3H3. The molecule has 0 amide bonds. The first-order valence-electron chi connectivity index (χ1n) is 14.1. The van der Waals surface area contributed by atoms with Crippen LogP contribution in [0.25, 0.3) is 27.8 Å². The summed E-state index contributed by atoms with van der Waals surface area (Å²) in [7, 11) is 2.12. The Morgan fingerprint density at radius 2 is 1.90 bits per heavy atom. The molecule has 9 heteroatoms. The second-order valence-electron chi connectivity index (χ2n) is 10.9. The normalized spacial score (nSPS) is 13.7. The molecule has 6 heterocycles. The summed E-state index contributed by atoms with van der Waals surface area (Å²) in [4.78, 5) is 29.9. The van der Waals surface area contributed by atoms with Crippen molar-refractivity contribution in [2.75, 3.05) is 13.6 Å². The number of aromatic nitrogens is 7. The molecule has 5 aromatic heterocycles. The van der Waals surface area contributed by atoms with Gasteiger partial charge < -0.3 is 4.57 Å². The van der Waals surface area contributed by atoms with Crippen LogP contribution < -0.4 is 0 Å². The summed E-state index contributed by atoms with van der Waals surface area (Å²) >= 11 is 0. The first-order chi connectivity index (χ1) is 20.0. The lowest BCUT2D eigenvalue weighted by molar-refractivity contribution is 0.0987. The summed E-state index contributed by atoms with van der Waals surface area (Å²) in [6.45, 7) is 7.44. The lowest BCUT2D eigenvalue weighted by atomic mass is 10.0. The number of nitrogens with zero attached hydrogens (tertiary/aromatic N) is 8. The number of Topliss-reactive ketones (excluding diaryl/α,β-unsaturated/α-hetero) is 1. The maximum atomic E-state index is 13.7. The van der Waals surface area contributed by atoms with Crippen LogP contribution in [0.2, 0.25) is 0 Å². The van der Waals surface area contributed by atoms with Crippen LogP contribution in [0.15, 0.2) is 67.1 Å². The lowest BCUT2D eigenvalue weighted by Crippen LogP contribution is -2.30. The van der Waals surface area contributed by atoms with Gasteiger partial charge in [0.15, 0.2) is 5.78 Å². The topological polar surface area (TPSA) is 86.1 Å². The third-order valence-electron chi connectivity index (χ3n) is 8.03. The van der Waals surface area contributed by atoms with Crippen LogP contribution in [0, 0.1) is 6.92 Å². The first-order valence-corrected chi connectivity index (χ1v) is 14.1. The van der Waals surface area contributed by atoms with Crippen molar-refractivity contribution in [2.45, 2.75) is 46.3 Å². The predicted octanol–water partition coefficient (Wildman–Crippen LogP) is 4.73. The largest absolute Gasteiger partial charge is 0.326 e. The molecule has 0 spiro atoms. The van der Waals surface area contributed by atoms with Crippen molar-refractivity contribution in [1.82, 2.24) is 38.6 Å². The second-order valence-corrected chi connectivity index (χ2v) is 10.9. The summed E-state index contributed by atoms with van der Waals surface area (Å²) in [5.41, 5.74) is 8.42. The van der Waals surface area contributed by atoms with E-state index in [0.29, 0.717) is 12.2 Å². The van der Waals surface area contributed by atoms with Gasteiger partial charge in [-0.1, -0.05) is 25.1 Å². The Morgan fingerprint density at radius 1 is 1.02 bits per heavy atom. The number of hydrogen-bond donors (Lipinski definition) is 0. The molecule has 1 aliphatic rings. The van der Waals surface area contributed by atoms with Gasteiger partial charge in [0.05, 0.1) is 48.1 Å². The van der Waals surface area contributed by atoms with E-state index in [9.17, 15) is 4.79 Å². The number of pyridine rings is 2. The Labute approximate surface area is 238 Å². The van der Waals surface area contributed by atoms with Crippen molar-refractivity contribution in [3.63, 3.8) is 0 Å². The zero-order valence-corrected chi connectivity index (χ0v) is 23.6. The second kappa shape index (κ2) is 10.1. The van der Waals surface area contributed by atoms with Crippen molar-refractivity contribution in [2.24, 2.45) is 0 Å². The van der Waals surface area contributed by atoms with Gasteiger partial charge in [-0.2, -0.15) is 5.10 Å². The average molecular weight is 545 g/mol. The van der Waals surface area contributed by atoms with E-state index in [4.69, 9.17) is 5.10 Å². The van der Waals surface area contributed by atoms with Gasteiger partial charge in [0, 0.05) is 42.4 Å². The molecule has 0 unspecified atom stereocenters. The Hall–Kier alpha value is -4.63. The minimum absolute atomic E-state index is 0.0256. The zero-order chi connectivity index (χ0) is 28.1. The molecule has 0 N–H and O–H groups in total. The molecule has 0 atom stereocenters. The molecule has 206 valence electrons. The Morgan fingerprint density at radius 3 is 2.76 bits per heavy atom. The highest BCUT2D eigenvalue weighted by Gasteiger charge is 2.21. The Bertz CT molecular complexity index is 1930. The highest BCUT2D eigenvalue weighted by Crippen LogP contribution is 2.27. The van der Waals surface area contributed by atoms with Crippen molar-refractivity contribution in [1.29, 1.82) is 0 Å². The van der Waals surface area contributed by atoms with Gasteiger partial charge in [0.1, 0.15) is 17.2 Å². The molecule has 0 radical (unpaired) electrons. The van der Waals surface area contributed by atoms with Gasteiger partial charge in [-0.05, 0) is 56.3 Å². The maximum absolute atomic E-state index is 13.7. The average Bonchev–Trinajstić information content (AvgIpc) is 3.68. The van der Waals surface area contributed by atoms with Crippen molar-refractivity contribution in [3.8, 4) is 11.3 Å². The third-order valence-corrected chi connectivity index (χ3v) is 8.03. The molecule has 6 aromatic rings. The molecule has 41 heavy (non-hydrogen) atoms. The van der Waals surface area contributed by atoms with Gasteiger partial charge in [-0.15, -0.1) is 0 Å². The molecule has 0 aliphatic carbocycles. The lowest BCUT2D eigenvalue weighted by Gasteiger charge is -2.24. The molecule has 0 saturated heterocycles. The van der Waals surface area contributed by atoms with Gasteiger partial charge in [-0.25, -0.2) is 9.97 Å². The molecule has 1 aliphatic heterocycles. The van der Waals surface area contributed by atoms with Crippen molar-refractivity contribution >= 4 is 22.3 Å². The molecule has 0 bridgehead atoms. The monoisotopic (exact) mass is 544 g/mol. The van der Waals surface area contributed by atoms with Gasteiger partial charge in [0.25, 0.3) is 0 Å². The molecule has 0 fully saturated rings. The summed E-state index contributed by atoms with van der Waals surface area (Å²) in [5, 5.41) is 5.98. The number of carbonyl (C=O) groups is 1. The van der Waals surface area contributed by atoms with E-state index in [1.54, 1.807) is 6.20 Å². The van der Waals surface area contributed by atoms with E-state index >= 15 is 0 Å². The molecular formula is C32H32N8O. The number of ketones is 1. The van der Waals surface area contributed by atoms with E-state index in [1.807, 2.05) is 70.9 Å². The Balaban J connectivity index is 1.19. The predicted molar refractivity (Wildman–Crippen MR) is 158 cm³/mol. The number of rotatable bonds is 7. The van der Waals surface area contributed by atoms with Gasteiger partial charge in [0.2, 0.25) is 0 Å². The molecule has 0 saturated carbocycles. The van der Waals surface area contributed by atoms with Gasteiger partial charge in [-0.3, -0.25) is 23.8 Å². The van der Waals surface area contributed by atoms with Crippen LogP contribution in [0.4, 0.5) is 0 Å². The van der Waals surface area contributed by atoms with E-state index in [2.05, 4.69) is 44.5 Å². The van der Waals surface area contributed by atoms with Crippen LogP contribution in [0.3, 0.4) is 0 Å². The SMILES string of the molecule is CCc1nn(Cc2cccc(C)n2)c2cccc(CC(=O)c3cnc4cc(-c5cnc6n5CCN(C)C6)ccn34)c12. The van der Waals surface area contributed by atoms with E-state index in [0.717, 1.165) is 82.3 Å². The number of aryl methyl sites for hydroxylation is 2. The molecule has 1 aromatic carbocycles. The number of hydrogen-bond acceptors (Lipinski definition) is 6. The summed E-state index contributed by atoms with van der Waals surface area (Å²) < 4.78 is 6.18. The number of likely N-dealkylation sites (N-methyl/N-ethyl adjacent to an activating group) is 1. The van der Waals surface area contributed by atoms with Crippen LogP contribution >= 0.6 is 0 Å². The van der Waals surface area contributed by atoms with Crippen molar-refractivity contribution < 1.29 is 4.79 Å². The summed E-state index contributed by atoms with van der Waals surface area (Å²) in [5.74, 6) is 1.10. The maximum Gasteiger partial charge on any atom is 0.185 e. The smallest absolute Gasteiger partial charge is 0.185 e. The third kappa shape index (κ3) is 4.52. The fourth-order valence-electron chi connectivity index (χ4n) is 5.96. The quantitative estimate of drug-likeness (QED) is 0.270. The molecular weight excluding hydrogens is 512 g/mol. The number of carbonyl (C=O) groups excluding carboxylic acids is 1. The summed E-state index contributed by atoms with van der Waals surface area (Å²) in [6, 6.07) is 16.3. The Kier molecular flexibility index (Phi) is 6.23. The van der Waals surface area contributed by atoms with Crippen LogP contribution in [-0.4, -0.2) is 58.0 Å². The highest BCUT2D eigenvalue weighted by molar-refractivity contribution is 5.99. The number of benzene rings is 1. The van der Waals surface area contributed by atoms with E-state index in [1.165, 1.54) is 0 Å². The van der Waals surface area contributed by atoms with Crippen molar-refractivity contribution in [3.05, 3.63) is 101 Å². The number of fused-ring (bicyclic) bond motifs is 3. The fourth-order valence-corrected chi connectivity index (χ4v) is 5.96. The van der Waals surface area contributed by atoms with E-state index < -0.39 is 0 Å². The van der Waals surface area contributed by atoms with Gasteiger partial charge >= 0.3 is 0 Å². The number of imidazole rings is 2. The van der Waals surface area contributed by atoms with Crippen LogP contribution in [0.1, 0.15) is 45.9 Å². The van der Waals surface area contributed by atoms with Crippen LogP contribution in [-0.2, 0) is 32.5 Å². The first kappa shape index (κ1) is 25.3. The minimum Gasteiger partial charge on any atom is -0.326 e. The highest BCUT2D eigenvalue weighted by atomic mass is 16.1. The fraction of sp³-hybridized carbons (Fsp3) is 0.281. The molecule has 9 nitrogen and oxygen atoms in total. The zero-order valence-electron chi connectivity index (χ0n) is 23.6.